The van der Waals surface area contributed by atoms with Crippen LogP contribution in [0.1, 0.15) is 48.0 Å². The van der Waals surface area contributed by atoms with Gasteiger partial charge in [0, 0.05) is 13.0 Å². The summed E-state index contributed by atoms with van der Waals surface area (Å²) in [7, 11) is 1.26. The molecule has 8 heteroatoms. The van der Waals surface area contributed by atoms with Gasteiger partial charge >= 0.3 is 11.9 Å². The Morgan fingerprint density at radius 2 is 2.00 bits per heavy atom. The van der Waals surface area contributed by atoms with Crippen LogP contribution in [0.2, 0.25) is 0 Å². The van der Waals surface area contributed by atoms with Crippen LogP contribution in [0.3, 0.4) is 0 Å². The van der Waals surface area contributed by atoms with Gasteiger partial charge in [0.15, 0.2) is 5.76 Å². The number of methoxy groups -OCH3 is 1. The van der Waals surface area contributed by atoms with Crippen molar-refractivity contribution in [2.24, 2.45) is 0 Å². The van der Waals surface area contributed by atoms with E-state index in [4.69, 9.17) is 9.15 Å². The van der Waals surface area contributed by atoms with Gasteiger partial charge in [-0.15, -0.1) is 0 Å². The summed E-state index contributed by atoms with van der Waals surface area (Å²) in [6.07, 6.45) is 3.32. The van der Waals surface area contributed by atoms with Crippen molar-refractivity contribution in [1.82, 2.24) is 9.55 Å². The molecule has 3 aromatic rings. The largest absolute Gasteiger partial charge is 0.465 e. The molecule has 30 heavy (non-hydrogen) atoms. The number of hydrogen-bond donors (Lipinski definition) is 0. The van der Waals surface area contributed by atoms with Crippen LogP contribution in [0.4, 0.5) is 0 Å². The molecule has 0 bridgehead atoms. The van der Waals surface area contributed by atoms with Crippen molar-refractivity contribution >= 4 is 23.0 Å². The number of carbonyl (C=O) groups excluding carboxylic acids is 2. The second-order valence-corrected chi connectivity index (χ2v) is 6.77. The fraction of sp³-hybridized carbons (Fsp3) is 0.364. The quantitative estimate of drug-likeness (QED) is 0.497. The Morgan fingerprint density at radius 1 is 1.20 bits per heavy atom. The molecule has 1 aromatic carbocycles. The molecule has 0 saturated heterocycles. The lowest BCUT2D eigenvalue weighted by Crippen LogP contribution is -2.26. The van der Waals surface area contributed by atoms with Gasteiger partial charge in [0.2, 0.25) is 0 Å². The van der Waals surface area contributed by atoms with E-state index in [-0.39, 0.29) is 36.3 Å². The highest BCUT2D eigenvalue weighted by atomic mass is 16.5. The smallest absolute Gasteiger partial charge is 0.341 e. The van der Waals surface area contributed by atoms with E-state index in [0.717, 1.165) is 23.9 Å². The first-order valence-electron chi connectivity index (χ1n) is 9.84. The molecule has 158 valence electrons. The van der Waals surface area contributed by atoms with Crippen LogP contribution in [-0.4, -0.2) is 28.6 Å². The molecule has 8 nitrogen and oxygen atoms in total. The van der Waals surface area contributed by atoms with Crippen LogP contribution in [-0.2, 0) is 33.8 Å². The molecule has 0 fully saturated rings. The number of fused-ring (bicyclic) bond motifs is 1. The molecule has 0 radical (unpaired) electrons. The van der Waals surface area contributed by atoms with Crippen LogP contribution in [0.25, 0.3) is 11.0 Å². The van der Waals surface area contributed by atoms with E-state index in [1.54, 1.807) is 4.57 Å². The van der Waals surface area contributed by atoms with Crippen LogP contribution < -0.4 is 5.56 Å². The molecule has 0 N–H and O–H groups in total. The summed E-state index contributed by atoms with van der Waals surface area (Å²) in [5.41, 5.74) is 1.86. The predicted octanol–water partition coefficient (Wildman–Crippen LogP) is 3.25. The molecule has 0 atom stereocenters. The molecule has 3 rings (SSSR count). The number of unbranched alkanes of at least 4 members (excludes halogenated alkanes) is 1. The van der Waals surface area contributed by atoms with Gasteiger partial charge in [-0.25, -0.2) is 9.78 Å². The van der Waals surface area contributed by atoms with E-state index in [0.29, 0.717) is 12.2 Å². The average Bonchev–Trinajstić information content (AvgIpc) is 3.24. The number of furan rings is 1. The van der Waals surface area contributed by atoms with Crippen molar-refractivity contribution in [2.45, 2.75) is 45.8 Å². The molecule has 0 spiro atoms. The van der Waals surface area contributed by atoms with Crippen molar-refractivity contribution in [3.63, 3.8) is 0 Å². The second-order valence-electron chi connectivity index (χ2n) is 6.77. The van der Waals surface area contributed by atoms with Gasteiger partial charge in [-0.1, -0.05) is 25.5 Å². The summed E-state index contributed by atoms with van der Waals surface area (Å²) in [6, 6.07) is 8.92. The number of para-hydroxylation sites is 2. The number of nitrogens with zero attached hydrogens (tertiary/aromatic N) is 2. The summed E-state index contributed by atoms with van der Waals surface area (Å²) >= 11 is 0. The molecule has 0 aliphatic heterocycles. The SMILES string of the molecule is CCCCn1c(=O)c(CCC(=O)OCc2occc2C(=O)OC)nc2ccccc21. The standard InChI is InChI=1S/C22H24N2O6/c1-3-4-12-24-18-8-6-5-7-16(18)23-17(21(24)26)9-10-20(25)30-14-19-15(11-13-29-19)22(27)28-2/h5-8,11,13H,3-4,9-10,12,14H2,1-2H3. The highest BCUT2D eigenvalue weighted by Gasteiger charge is 2.17. The van der Waals surface area contributed by atoms with Gasteiger partial charge in [0.1, 0.15) is 17.9 Å². The maximum atomic E-state index is 12.9. The second kappa shape index (κ2) is 9.87. The lowest BCUT2D eigenvalue weighted by molar-refractivity contribution is -0.145. The lowest BCUT2D eigenvalue weighted by atomic mass is 10.2. The number of ether oxygens (including phenoxy) is 2. The van der Waals surface area contributed by atoms with Gasteiger partial charge < -0.3 is 18.5 Å². The van der Waals surface area contributed by atoms with Gasteiger partial charge in [-0.05, 0) is 24.6 Å². The van der Waals surface area contributed by atoms with Crippen LogP contribution in [0, 0.1) is 0 Å². The van der Waals surface area contributed by atoms with E-state index in [9.17, 15) is 14.4 Å². The summed E-state index contributed by atoms with van der Waals surface area (Å²) in [6.45, 7) is 2.47. The minimum absolute atomic E-state index is 0.0113. The Bertz CT molecular complexity index is 1100. The normalized spacial score (nSPS) is 10.9. The van der Waals surface area contributed by atoms with Crippen LogP contribution >= 0.6 is 0 Å². The monoisotopic (exact) mass is 412 g/mol. The maximum absolute atomic E-state index is 12.9. The number of hydrogen-bond acceptors (Lipinski definition) is 7. The van der Waals surface area contributed by atoms with E-state index in [1.807, 2.05) is 24.3 Å². The number of aromatic nitrogens is 2. The first-order valence-corrected chi connectivity index (χ1v) is 9.84. The van der Waals surface area contributed by atoms with Crippen molar-refractivity contribution in [1.29, 1.82) is 0 Å². The Kier molecular flexibility index (Phi) is 7.00. The molecule has 2 aromatic heterocycles. The number of rotatable bonds is 9. The van der Waals surface area contributed by atoms with Crippen molar-refractivity contribution in [3.05, 3.63) is 64.0 Å². The minimum Gasteiger partial charge on any atom is -0.465 e. The van der Waals surface area contributed by atoms with E-state index in [2.05, 4.69) is 16.6 Å². The molecule has 0 saturated carbocycles. The summed E-state index contributed by atoms with van der Waals surface area (Å²) < 4.78 is 16.7. The molecule has 2 heterocycles. The van der Waals surface area contributed by atoms with Gasteiger partial charge in [0.25, 0.3) is 5.56 Å². The Hall–Kier alpha value is -3.42. The summed E-state index contributed by atoms with van der Waals surface area (Å²) in [5.74, 6) is -0.875. The Labute approximate surface area is 173 Å². The van der Waals surface area contributed by atoms with Crippen molar-refractivity contribution < 1.29 is 23.5 Å². The zero-order valence-electron chi connectivity index (χ0n) is 17.1. The number of aryl methyl sites for hydroxylation is 2. The zero-order chi connectivity index (χ0) is 21.5. The number of esters is 2. The minimum atomic E-state index is -0.567. The van der Waals surface area contributed by atoms with Crippen molar-refractivity contribution in [3.8, 4) is 0 Å². The van der Waals surface area contributed by atoms with Gasteiger partial charge in [0.05, 0.1) is 30.8 Å². The van der Waals surface area contributed by atoms with Gasteiger partial charge in [-0.3, -0.25) is 9.59 Å². The molecule has 0 aliphatic rings. The Balaban J connectivity index is 1.69. The number of carbonyl (C=O) groups is 2. The fourth-order valence-corrected chi connectivity index (χ4v) is 3.13. The topological polar surface area (TPSA) is 101 Å². The fourth-order valence-electron chi connectivity index (χ4n) is 3.13. The summed E-state index contributed by atoms with van der Waals surface area (Å²) in [5, 5.41) is 0. The van der Waals surface area contributed by atoms with Crippen molar-refractivity contribution in [2.75, 3.05) is 7.11 Å². The van der Waals surface area contributed by atoms with E-state index >= 15 is 0 Å². The lowest BCUT2D eigenvalue weighted by Gasteiger charge is -2.12. The molecule has 0 aliphatic carbocycles. The maximum Gasteiger partial charge on any atom is 0.341 e. The summed E-state index contributed by atoms with van der Waals surface area (Å²) in [4.78, 5) is 41.1. The third-order valence-electron chi connectivity index (χ3n) is 4.74. The third kappa shape index (κ3) is 4.76. The highest BCUT2D eigenvalue weighted by Crippen LogP contribution is 2.14. The first-order chi connectivity index (χ1) is 14.5. The predicted molar refractivity (Wildman–Crippen MR) is 109 cm³/mol. The molecule has 0 unspecified atom stereocenters. The van der Waals surface area contributed by atoms with E-state index < -0.39 is 11.9 Å². The van der Waals surface area contributed by atoms with E-state index in [1.165, 1.54) is 19.4 Å². The Morgan fingerprint density at radius 3 is 2.77 bits per heavy atom. The highest BCUT2D eigenvalue weighted by molar-refractivity contribution is 5.90. The van der Waals surface area contributed by atoms with Gasteiger partial charge in [-0.2, -0.15) is 0 Å². The molecular weight excluding hydrogens is 388 g/mol. The molecule has 0 amide bonds. The third-order valence-corrected chi connectivity index (χ3v) is 4.74. The zero-order valence-corrected chi connectivity index (χ0v) is 17.1. The van der Waals surface area contributed by atoms with Crippen LogP contribution in [0.15, 0.2) is 45.8 Å². The van der Waals surface area contributed by atoms with Crippen LogP contribution in [0.5, 0.6) is 0 Å². The first kappa shape index (κ1) is 21.3. The average molecular weight is 412 g/mol. The number of benzene rings is 1. The molecular formula is C22H24N2O6.